The zero-order chi connectivity index (χ0) is 25.3. The summed E-state index contributed by atoms with van der Waals surface area (Å²) < 4.78 is 5.43. The maximum Gasteiger partial charge on any atom is 0.309 e. The number of carbonyl (C=O) groups excluding carboxylic acids is 3. The Labute approximate surface area is 212 Å². The predicted molar refractivity (Wildman–Crippen MR) is 136 cm³/mol. The van der Waals surface area contributed by atoms with Crippen molar-refractivity contribution in [2.45, 2.75) is 44.7 Å². The van der Waals surface area contributed by atoms with Crippen LogP contribution in [-0.2, 0) is 38.5 Å². The van der Waals surface area contributed by atoms with Crippen LogP contribution in [0.5, 0.6) is 0 Å². The highest BCUT2D eigenvalue weighted by molar-refractivity contribution is 5.86. The van der Waals surface area contributed by atoms with E-state index >= 15 is 0 Å². The van der Waals surface area contributed by atoms with Crippen LogP contribution in [0.4, 0.5) is 0 Å². The van der Waals surface area contributed by atoms with Crippen LogP contribution in [0.15, 0.2) is 66.7 Å². The Hall–Kier alpha value is -3.45. The first-order valence-corrected chi connectivity index (χ1v) is 12.7. The average Bonchev–Trinajstić information content (AvgIpc) is 2.90. The fraction of sp³-hybridized carbons (Fsp3) is 0.414. The fourth-order valence-electron chi connectivity index (χ4n) is 4.92. The highest BCUT2D eigenvalue weighted by Crippen LogP contribution is 2.25. The van der Waals surface area contributed by atoms with E-state index in [-0.39, 0.29) is 55.9 Å². The van der Waals surface area contributed by atoms with Gasteiger partial charge in [0.15, 0.2) is 0 Å². The number of allylic oxidation sites excluding steroid dienone is 2. The van der Waals surface area contributed by atoms with Crippen molar-refractivity contribution in [3.8, 4) is 0 Å². The smallest absolute Gasteiger partial charge is 0.309 e. The fourth-order valence-corrected chi connectivity index (χ4v) is 4.92. The van der Waals surface area contributed by atoms with Gasteiger partial charge < -0.3 is 20.1 Å². The Kier molecular flexibility index (Phi) is 8.90. The first-order chi connectivity index (χ1) is 17.5. The van der Waals surface area contributed by atoms with E-state index < -0.39 is 5.92 Å². The molecule has 36 heavy (non-hydrogen) atoms. The predicted octanol–water partition coefficient (Wildman–Crippen LogP) is 2.81. The number of cyclic esters (lactones) is 1. The van der Waals surface area contributed by atoms with Gasteiger partial charge in [0.05, 0.1) is 31.0 Å². The molecule has 0 spiro atoms. The van der Waals surface area contributed by atoms with E-state index in [1.807, 2.05) is 66.7 Å². The summed E-state index contributed by atoms with van der Waals surface area (Å²) in [4.78, 5) is 40.5. The average molecular weight is 491 g/mol. The molecule has 2 aromatic rings. The Morgan fingerprint density at radius 1 is 0.972 bits per heavy atom. The second kappa shape index (κ2) is 12.5. The molecule has 0 saturated heterocycles. The number of aliphatic hydroxyl groups excluding tert-OH is 1. The number of ether oxygens (including phenoxy) is 1. The number of carbonyl (C=O) groups is 3. The Bertz CT molecular complexity index is 1080. The minimum absolute atomic E-state index is 0.0576. The monoisotopic (exact) mass is 490 g/mol. The van der Waals surface area contributed by atoms with Crippen LogP contribution in [0.25, 0.3) is 0 Å². The molecule has 190 valence electrons. The van der Waals surface area contributed by atoms with Gasteiger partial charge in [-0.25, -0.2) is 0 Å². The number of nitrogens with one attached hydrogen (secondary N) is 1. The number of fused-ring (bicyclic) bond motifs is 1. The van der Waals surface area contributed by atoms with Gasteiger partial charge >= 0.3 is 5.97 Å². The van der Waals surface area contributed by atoms with Gasteiger partial charge in [0.2, 0.25) is 11.8 Å². The lowest BCUT2D eigenvalue weighted by Crippen LogP contribution is -2.47. The van der Waals surface area contributed by atoms with Gasteiger partial charge in [0.25, 0.3) is 0 Å². The molecule has 0 aliphatic carbocycles. The van der Waals surface area contributed by atoms with Gasteiger partial charge in [0, 0.05) is 13.0 Å². The normalized spacial score (nSPS) is 23.0. The number of nitrogens with zero attached hydrogens (tertiary/aromatic N) is 1. The summed E-state index contributed by atoms with van der Waals surface area (Å²) in [5.41, 5.74) is 3.29. The molecule has 2 amide bonds. The molecule has 0 fully saturated rings. The van der Waals surface area contributed by atoms with Crippen LogP contribution < -0.4 is 5.32 Å². The van der Waals surface area contributed by atoms with Gasteiger partial charge in [-0.15, -0.1) is 0 Å². The van der Waals surface area contributed by atoms with Crippen molar-refractivity contribution in [1.29, 1.82) is 0 Å². The maximum atomic E-state index is 13.3. The van der Waals surface area contributed by atoms with Crippen molar-refractivity contribution >= 4 is 17.8 Å². The van der Waals surface area contributed by atoms with Crippen LogP contribution in [0.2, 0.25) is 0 Å². The summed E-state index contributed by atoms with van der Waals surface area (Å²) in [6.45, 7) is 0.607. The zero-order valence-corrected chi connectivity index (χ0v) is 20.5. The van der Waals surface area contributed by atoms with E-state index in [2.05, 4.69) is 5.32 Å². The summed E-state index contributed by atoms with van der Waals surface area (Å²) in [7, 11) is 0. The van der Waals surface area contributed by atoms with E-state index in [0.717, 1.165) is 16.7 Å². The third kappa shape index (κ3) is 6.61. The molecule has 0 aromatic heterocycles. The molecule has 7 heteroatoms. The lowest BCUT2D eigenvalue weighted by atomic mass is 9.92. The maximum absolute atomic E-state index is 13.3. The minimum atomic E-state index is -0.534. The topological polar surface area (TPSA) is 95.9 Å². The van der Waals surface area contributed by atoms with Gasteiger partial charge in [-0.2, -0.15) is 0 Å². The van der Waals surface area contributed by atoms with Gasteiger partial charge in [-0.3, -0.25) is 14.4 Å². The third-order valence-electron chi connectivity index (χ3n) is 6.99. The summed E-state index contributed by atoms with van der Waals surface area (Å²) in [6.07, 6.45) is 5.95. The lowest BCUT2D eigenvalue weighted by molar-refractivity contribution is -0.148. The first-order valence-electron chi connectivity index (χ1n) is 12.7. The second-order valence-corrected chi connectivity index (χ2v) is 9.52. The lowest BCUT2D eigenvalue weighted by Gasteiger charge is -2.36. The van der Waals surface area contributed by atoms with Crippen molar-refractivity contribution < 1.29 is 24.2 Å². The molecule has 0 saturated carbocycles. The molecule has 0 unspecified atom stereocenters. The SMILES string of the molecule is O=C1NCCOC(=O)[C@@H](Cc2ccccc2)CC=CC[C@@H]1CC(=O)N1Cc2ccccc2C[C@H]1CO. The number of hydrogen-bond donors (Lipinski definition) is 2. The highest BCUT2D eigenvalue weighted by Gasteiger charge is 2.32. The first kappa shape index (κ1) is 25.6. The molecule has 4 rings (SSSR count). The van der Waals surface area contributed by atoms with E-state index in [9.17, 15) is 19.5 Å². The minimum Gasteiger partial charge on any atom is -0.464 e. The molecule has 2 aromatic carbocycles. The summed E-state index contributed by atoms with van der Waals surface area (Å²) in [5.74, 6) is -1.49. The molecule has 0 radical (unpaired) electrons. The van der Waals surface area contributed by atoms with Crippen LogP contribution in [-0.4, -0.2) is 53.6 Å². The van der Waals surface area contributed by atoms with Crippen molar-refractivity contribution in [3.63, 3.8) is 0 Å². The van der Waals surface area contributed by atoms with Crippen LogP contribution in [0, 0.1) is 11.8 Å². The molecule has 2 aliphatic heterocycles. The quantitative estimate of drug-likeness (QED) is 0.496. The van der Waals surface area contributed by atoms with Crippen LogP contribution >= 0.6 is 0 Å². The molecule has 3 atom stereocenters. The molecule has 2 N–H and O–H groups in total. The summed E-state index contributed by atoms with van der Waals surface area (Å²) >= 11 is 0. The molecule has 2 aliphatic rings. The number of aliphatic hydroxyl groups is 1. The third-order valence-corrected chi connectivity index (χ3v) is 6.99. The van der Waals surface area contributed by atoms with Crippen molar-refractivity contribution in [2.75, 3.05) is 19.8 Å². The van der Waals surface area contributed by atoms with Crippen molar-refractivity contribution in [3.05, 3.63) is 83.4 Å². The zero-order valence-electron chi connectivity index (χ0n) is 20.5. The number of amides is 2. The summed E-state index contributed by atoms with van der Waals surface area (Å²) in [5, 5.41) is 12.7. The molecular formula is C29H34N2O5. The highest BCUT2D eigenvalue weighted by atomic mass is 16.5. The Morgan fingerprint density at radius 3 is 2.42 bits per heavy atom. The van der Waals surface area contributed by atoms with Crippen molar-refractivity contribution in [1.82, 2.24) is 10.2 Å². The second-order valence-electron chi connectivity index (χ2n) is 9.52. The number of benzene rings is 2. The van der Waals surface area contributed by atoms with Crippen molar-refractivity contribution in [2.24, 2.45) is 11.8 Å². The molecule has 2 heterocycles. The van der Waals surface area contributed by atoms with E-state index in [1.54, 1.807) is 4.90 Å². The standard InChI is InChI=1S/C29H34N2O5/c32-20-26-17-22-10-4-7-13-25(22)19-31(26)27(33)18-23-11-5-6-12-24(16-21-8-2-1-3-9-21)29(35)36-15-14-30-28(23)34/h1-10,13,23-24,26,32H,11-12,14-20H2,(H,30,34)/t23-,24-,26+/m1/s1. The Balaban J connectivity index is 1.43. The van der Waals surface area contributed by atoms with E-state index in [1.165, 1.54) is 0 Å². The van der Waals surface area contributed by atoms with E-state index in [0.29, 0.717) is 32.2 Å². The Morgan fingerprint density at radius 2 is 1.67 bits per heavy atom. The summed E-state index contributed by atoms with van der Waals surface area (Å²) in [6, 6.07) is 17.5. The van der Waals surface area contributed by atoms with Crippen LogP contribution in [0.3, 0.4) is 0 Å². The van der Waals surface area contributed by atoms with E-state index in [4.69, 9.17) is 4.74 Å². The van der Waals surface area contributed by atoms with Gasteiger partial charge in [0.1, 0.15) is 6.61 Å². The van der Waals surface area contributed by atoms with Crippen LogP contribution in [0.1, 0.15) is 36.0 Å². The molecule has 0 bridgehead atoms. The van der Waals surface area contributed by atoms with Gasteiger partial charge in [-0.05, 0) is 42.4 Å². The molecular weight excluding hydrogens is 456 g/mol. The number of rotatable bonds is 5. The van der Waals surface area contributed by atoms with Gasteiger partial charge in [-0.1, -0.05) is 66.7 Å². The number of esters is 1. The molecule has 7 nitrogen and oxygen atoms in total. The largest absolute Gasteiger partial charge is 0.464 e. The number of hydrogen-bond acceptors (Lipinski definition) is 5.